The van der Waals surface area contributed by atoms with Crippen LogP contribution in [0.5, 0.6) is 0 Å². The van der Waals surface area contributed by atoms with E-state index in [-0.39, 0.29) is 6.61 Å². The topological polar surface area (TPSA) is 44.6 Å². The fraction of sp³-hybridized carbons (Fsp3) is 0.875. The minimum atomic E-state index is 0.0974. The summed E-state index contributed by atoms with van der Waals surface area (Å²) in [5.41, 5.74) is 0.844. The second-order valence-electron chi connectivity index (χ2n) is 3.09. The van der Waals surface area contributed by atoms with Crippen LogP contribution in [-0.2, 0) is 0 Å². The predicted octanol–water partition coefficient (Wildman–Crippen LogP) is 0.0491. The van der Waals surface area contributed by atoms with Gasteiger partial charge >= 0.3 is 0 Å². The van der Waals surface area contributed by atoms with Crippen molar-refractivity contribution in [2.75, 3.05) is 26.2 Å². The van der Waals surface area contributed by atoms with Gasteiger partial charge in [0.15, 0.2) is 0 Å². The van der Waals surface area contributed by atoms with Gasteiger partial charge in [-0.2, -0.15) is 0 Å². The molecule has 2 N–H and O–H groups in total. The largest absolute Gasteiger partial charge is 0.390 e. The van der Waals surface area contributed by atoms with E-state index >= 15 is 0 Å². The summed E-state index contributed by atoms with van der Waals surface area (Å²) >= 11 is 0. The lowest BCUT2D eigenvalue weighted by Crippen LogP contribution is -2.12. The molecule has 1 heterocycles. The summed E-state index contributed by atoms with van der Waals surface area (Å²) in [5, 5.41) is 11.9. The van der Waals surface area contributed by atoms with E-state index in [4.69, 9.17) is 5.11 Å². The maximum atomic E-state index is 8.66. The lowest BCUT2D eigenvalue weighted by molar-refractivity contribution is 0.356. The molecular formula is C8H16N2O. The normalized spacial score (nSPS) is 26.0. The third-order valence-electron chi connectivity index (χ3n) is 2.01. The maximum Gasteiger partial charge on any atom is 0.0806 e. The SMILES string of the molecule is C/C(CO)=N/C[C@@H]1CCNC1. The van der Waals surface area contributed by atoms with Crippen molar-refractivity contribution >= 4 is 5.71 Å². The second kappa shape index (κ2) is 4.46. The average Bonchev–Trinajstić information content (AvgIpc) is 2.52. The molecular weight excluding hydrogens is 140 g/mol. The van der Waals surface area contributed by atoms with Crippen molar-refractivity contribution in [1.29, 1.82) is 0 Å². The second-order valence-corrected chi connectivity index (χ2v) is 3.09. The number of aliphatic hydroxyl groups is 1. The van der Waals surface area contributed by atoms with Crippen molar-refractivity contribution in [3.8, 4) is 0 Å². The zero-order valence-corrected chi connectivity index (χ0v) is 7.01. The van der Waals surface area contributed by atoms with Crippen LogP contribution in [0, 0.1) is 5.92 Å². The molecule has 1 aliphatic rings. The van der Waals surface area contributed by atoms with Gasteiger partial charge in [0.1, 0.15) is 0 Å². The van der Waals surface area contributed by atoms with Gasteiger partial charge in [0.25, 0.3) is 0 Å². The summed E-state index contributed by atoms with van der Waals surface area (Å²) in [6.07, 6.45) is 1.22. The number of nitrogens with one attached hydrogen (secondary N) is 1. The highest BCUT2D eigenvalue weighted by Gasteiger charge is 2.12. The lowest BCUT2D eigenvalue weighted by Gasteiger charge is -2.03. The van der Waals surface area contributed by atoms with Crippen LogP contribution in [0.4, 0.5) is 0 Å². The molecule has 0 unspecified atom stereocenters. The third-order valence-corrected chi connectivity index (χ3v) is 2.01. The van der Waals surface area contributed by atoms with Crippen molar-refractivity contribution in [2.24, 2.45) is 10.9 Å². The molecule has 1 fully saturated rings. The fourth-order valence-corrected chi connectivity index (χ4v) is 1.21. The van der Waals surface area contributed by atoms with Gasteiger partial charge in [-0.25, -0.2) is 0 Å². The first kappa shape index (κ1) is 8.68. The summed E-state index contributed by atoms with van der Waals surface area (Å²) in [4.78, 5) is 4.25. The molecule has 3 heteroatoms. The minimum absolute atomic E-state index is 0.0974. The van der Waals surface area contributed by atoms with Crippen LogP contribution >= 0.6 is 0 Å². The molecule has 0 saturated carbocycles. The van der Waals surface area contributed by atoms with E-state index in [1.54, 1.807) is 0 Å². The quantitative estimate of drug-likeness (QED) is 0.567. The van der Waals surface area contributed by atoms with Gasteiger partial charge in [-0.3, -0.25) is 4.99 Å². The van der Waals surface area contributed by atoms with Crippen molar-refractivity contribution in [2.45, 2.75) is 13.3 Å². The van der Waals surface area contributed by atoms with Crippen molar-refractivity contribution in [3.05, 3.63) is 0 Å². The van der Waals surface area contributed by atoms with E-state index < -0.39 is 0 Å². The van der Waals surface area contributed by atoms with Crippen LogP contribution in [0.1, 0.15) is 13.3 Å². The van der Waals surface area contributed by atoms with Gasteiger partial charge < -0.3 is 10.4 Å². The van der Waals surface area contributed by atoms with Gasteiger partial charge in [-0.15, -0.1) is 0 Å². The Balaban J connectivity index is 2.19. The van der Waals surface area contributed by atoms with Gasteiger partial charge in [-0.1, -0.05) is 0 Å². The Morgan fingerprint density at radius 1 is 1.73 bits per heavy atom. The molecule has 1 aliphatic heterocycles. The van der Waals surface area contributed by atoms with Crippen molar-refractivity contribution < 1.29 is 5.11 Å². The van der Waals surface area contributed by atoms with Crippen LogP contribution in [0.2, 0.25) is 0 Å². The summed E-state index contributed by atoms with van der Waals surface area (Å²) in [6.45, 7) is 5.04. The highest BCUT2D eigenvalue weighted by molar-refractivity contribution is 5.82. The van der Waals surface area contributed by atoms with Crippen LogP contribution in [0.3, 0.4) is 0 Å². The molecule has 11 heavy (non-hydrogen) atoms. The first-order valence-electron chi connectivity index (χ1n) is 4.14. The smallest absolute Gasteiger partial charge is 0.0806 e. The molecule has 0 aromatic heterocycles. The number of aliphatic imine (C=N–C) groups is 1. The standard InChI is InChI=1S/C8H16N2O/c1-7(6-11)10-5-8-2-3-9-4-8/h8-9,11H,2-6H2,1H3/b10-7-/t8-/m1/s1. The minimum Gasteiger partial charge on any atom is -0.390 e. The average molecular weight is 156 g/mol. The van der Waals surface area contributed by atoms with Crippen LogP contribution in [0.25, 0.3) is 0 Å². The van der Waals surface area contributed by atoms with Crippen LogP contribution < -0.4 is 5.32 Å². The first-order valence-corrected chi connectivity index (χ1v) is 4.14. The number of hydrogen-bond donors (Lipinski definition) is 2. The molecule has 0 spiro atoms. The molecule has 0 amide bonds. The lowest BCUT2D eigenvalue weighted by atomic mass is 10.1. The number of hydrogen-bond acceptors (Lipinski definition) is 3. The van der Waals surface area contributed by atoms with E-state index in [9.17, 15) is 0 Å². The highest BCUT2D eigenvalue weighted by Crippen LogP contribution is 2.07. The van der Waals surface area contributed by atoms with Gasteiger partial charge in [0.05, 0.1) is 6.61 Å². The molecule has 0 radical (unpaired) electrons. The zero-order chi connectivity index (χ0) is 8.10. The number of nitrogens with zero attached hydrogens (tertiary/aromatic N) is 1. The Bertz CT molecular complexity index is 139. The monoisotopic (exact) mass is 156 g/mol. The summed E-state index contributed by atoms with van der Waals surface area (Å²) in [5.74, 6) is 0.691. The van der Waals surface area contributed by atoms with E-state index in [1.807, 2.05) is 6.92 Å². The Labute approximate surface area is 67.5 Å². The predicted molar refractivity (Wildman–Crippen MR) is 46.0 cm³/mol. The Hall–Kier alpha value is -0.410. The molecule has 0 aliphatic carbocycles. The Morgan fingerprint density at radius 3 is 3.09 bits per heavy atom. The molecule has 1 saturated heterocycles. The maximum absolute atomic E-state index is 8.66. The van der Waals surface area contributed by atoms with Crippen LogP contribution in [-0.4, -0.2) is 37.1 Å². The van der Waals surface area contributed by atoms with Gasteiger partial charge in [-0.05, 0) is 32.4 Å². The van der Waals surface area contributed by atoms with E-state index in [0.717, 1.165) is 25.3 Å². The fourth-order valence-electron chi connectivity index (χ4n) is 1.21. The molecule has 0 aromatic rings. The Morgan fingerprint density at radius 2 is 2.55 bits per heavy atom. The van der Waals surface area contributed by atoms with E-state index in [0.29, 0.717) is 5.92 Å². The molecule has 64 valence electrons. The van der Waals surface area contributed by atoms with Crippen LogP contribution in [0.15, 0.2) is 4.99 Å². The number of rotatable bonds is 3. The highest BCUT2D eigenvalue weighted by atomic mass is 16.3. The molecule has 0 bridgehead atoms. The van der Waals surface area contributed by atoms with E-state index in [2.05, 4.69) is 10.3 Å². The van der Waals surface area contributed by atoms with Crippen molar-refractivity contribution in [3.63, 3.8) is 0 Å². The summed E-state index contributed by atoms with van der Waals surface area (Å²) in [6, 6.07) is 0. The van der Waals surface area contributed by atoms with Crippen molar-refractivity contribution in [1.82, 2.24) is 5.32 Å². The zero-order valence-electron chi connectivity index (χ0n) is 7.01. The summed E-state index contributed by atoms with van der Waals surface area (Å²) in [7, 11) is 0. The third kappa shape index (κ3) is 2.99. The Kier molecular flexibility index (Phi) is 3.52. The van der Waals surface area contributed by atoms with Gasteiger partial charge in [0, 0.05) is 12.3 Å². The molecule has 1 atom stereocenters. The van der Waals surface area contributed by atoms with E-state index in [1.165, 1.54) is 6.42 Å². The molecule has 0 aromatic carbocycles. The number of aliphatic hydroxyl groups excluding tert-OH is 1. The van der Waals surface area contributed by atoms with Gasteiger partial charge in [0.2, 0.25) is 0 Å². The molecule has 3 nitrogen and oxygen atoms in total. The summed E-state index contributed by atoms with van der Waals surface area (Å²) < 4.78 is 0. The molecule has 1 rings (SSSR count). The first-order chi connectivity index (χ1) is 5.33.